The maximum absolute atomic E-state index is 13.0. The van der Waals surface area contributed by atoms with Crippen LogP contribution in [0.2, 0.25) is 0 Å². The number of fused-ring (bicyclic) bond motifs is 2. The molecular weight excluding hydrogens is 450 g/mol. The van der Waals surface area contributed by atoms with Gasteiger partial charge in [0.05, 0.1) is 29.4 Å². The van der Waals surface area contributed by atoms with Crippen molar-refractivity contribution in [1.82, 2.24) is 15.2 Å². The first-order chi connectivity index (χ1) is 16.3. The molecule has 2 aromatic carbocycles. The molecule has 0 radical (unpaired) electrons. The van der Waals surface area contributed by atoms with E-state index in [1.165, 1.54) is 11.3 Å². The zero-order valence-electron chi connectivity index (χ0n) is 19.5. The van der Waals surface area contributed by atoms with Crippen LogP contribution in [0, 0.1) is 0 Å². The summed E-state index contributed by atoms with van der Waals surface area (Å²) in [6, 6.07) is 13.3. The van der Waals surface area contributed by atoms with E-state index in [1.54, 1.807) is 4.90 Å². The molecule has 1 N–H and O–H groups in total. The van der Waals surface area contributed by atoms with Crippen molar-refractivity contribution in [2.24, 2.45) is 0 Å². The van der Waals surface area contributed by atoms with Gasteiger partial charge in [-0.1, -0.05) is 24.3 Å². The minimum absolute atomic E-state index is 0.0762. The van der Waals surface area contributed by atoms with Gasteiger partial charge in [-0.05, 0) is 45.0 Å². The summed E-state index contributed by atoms with van der Waals surface area (Å²) in [5.41, 5.74) is 2.91. The van der Waals surface area contributed by atoms with E-state index in [9.17, 15) is 9.59 Å². The van der Waals surface area contributed by atoms with Crippen molar-refractivity contribution in [2.45, 2.75) is 38.8 Å². The molecule has 1 atom stereocenters. The highest BCUT2D eigenvalue weighted by atomic mass is 32.1. The number of nitrogens with zero attached hydrogens (tertiary/aromatic N) is 2. The molecule has 2 amide bonds. The zero-order chi connectivity index (χ0) is 23.9. The summed E-state index contributed by atoms with van der Waals surface area (Å²) >= 11 is 1.53. The van der Waals surface area contributed by atoms with Gasteiger partial charge < -0.3 is 19.7 Å². The molecule has 1 aromatic heterocycles. The molecule has 8 heteroatoms. The van der Waals surface area contributed by atoms with Crippen LogP contribution in [0.5, 0.6) is 5.75 Å². The third kappa shape index (κ3) is 4.63. The normalized spacial score (nSPS) is 17.7. The molecule has 2 aliphatic rings. The maximum Gasteiger partial charge on any atom is 0.410 e. The molecule has 0 aliphatic carbocycles. The van der Waals surface area contributed by atoms with Gasteiger partial charge >= 0.3 is 6.09 Å². The predicted molar refractivity (Wildman–Crippen MR) is 132 cm³/mol. The van der Waals surface area contributed by atoms with Gasteiger partial charge in [-0.3, -0.25) is 4.79 Å². The number of amides is 2. The summed E-state index contributed by atoms with van der Waals surface area (Å²) < 4.78 is 12.1. The second-order valence-electron chi connectivity index (χ2n) is 9.49. The van der Waals surface area contributed by atoms with Crippen molar-refractivity contribution >= 4 is 39.1 Å². The topological polar surface area (TPSA) is 80.8 Å². The minimum atomic E-state index is -0.528. The summed E-state index contributed by atoms with van der Waals surface area (Å²) in [7, 11) is 0. The van der Waals surface area contributed by atoms with Crippen molar-refractivity contribution in [1.29, 1.82) is 0 Å². The lowest BCUT2D eigenvalue weighted by molar-refractivity contribution is 0.0306. The maximum atomic E-state index is 13.0. The number of hydrogen-bond acceptors (Lipinski definition) is 6. The molecule has 3 aromatic rings. The number of ether oxygens (including phenoxy) is 2. The van der Waals surface area contributed by atoms with Crippen molar-refractivity contribution in [3.8, 4) is 5.75 Å². The van der Waals surface area contributed by atoms with E-state index in [1.807, 2.05) is 69.3 Å². The highest BCUT2D eigenvalue weighted by molar-refractivity contribution is 7.19. The third-order valence-electron chi connectivity index (χ3n) is 5.76. The molecule has 5 rings (SSSR count). The number of rotatable bonds is 3. The highest BCUT2D eigenvalue weighted by Gasteiger charge is 2.27. The van der Waals surface area contributed by atoms with Crippen molar-refractivity contribution < 1.29 is 19.1 Å². The van der Waals surface area contributed by atoms with Gasteiger partial charge in [0, 0.05) is 29.7 Å². The lowest BCUT2D eigenvalue weighted by atomic mass is 10.00. The zero-order valence-corrected chi connectivity index (χ0v) is 20.3. The Morgan fingerprint density at radius 3 is 2.85 bits per heavy atom. The van der Waals surface area contributed by atoms with Gasteiger partial charge in [0.1, 0.15) is 16.4 Å². The summed E-state index contributed by atoms with van der Waals surface area (Å²) in [5, 5.41) is 4.01. The first-order valence-corrected chi connectivity index (χ1v) is 12.2. The fourth-order valence-electron chi connectivity index (χ4n) is 4.11. The first kappa shape index (κ1) is 22.4. The molecule has 176 valence electrons. The van der Waals surface area contributed by atoms with Crippen LogP contribution in [0.25, 0.3) is 15.8 Å². The van der Waals surface area contributed by atoms with Gasteiger partial charge in [-0.25, -0.2) is 9.78 Å². The number of thiazole rings is 1. The van der Waals surface area contributed by atoms with E-state index in [-0.39, 0.29) is 18.0 Å². The van der Waals surface area contributed by atoms with Gasteiger partial charge in [-0.2, -0.15) is 0 Å². The third-order valence-corrected chi connectivity index (χ3v) is 6.85. The Morgan fingerprint density at radius 2 is 2.03 bits per heavy atom. The number of carbonyl (C=O) groups is 2. The SMILES string of the molecule is CC(C)(C)OC(=O)N1CC=C(c2nc3ccc(C(=O)NC4CCOc5ccccc54)cc3s2)C1. The molecule has 0 saturated heterocycles. The molecule has 7 nitrogen and oxygen atoms in total. The van der Waals surface area contributed by atoms with Gasteiger partial charge in [0.15, 0.2) is 0 Å². The lowest BCUT2D eigenvalue weighted by Crippen LogP contribution is -2.35. The average molecular weight is 478 g/mol. The summed E-state index contributed by atoms with van der Waals surface area (Å²) in [6.07, 6.45) is 2.42. The largest absolute Gasteiger partial charge is 0.493 e. The quantitative estimate of drug-likeness (QED) is 0.562. The Labute approximate surface area is 202 Å². The summed E-state index contributed by atoms with van der Waals surface area (Å²) in [6.45, 7) is 7.12. The second-order valence-corrected chi connectivity index (χ2v) is 10.5. The number of hydrogen-bond donors (Lipinski definition) is 1. The number of carbonyl (C=O) groups excluding carboxylic acids is 2. The van der Waals surface area contributed by atoms with Crippen LogP contribution < -0.4 is 10.1 Å². The fraction of sp³-hybridized carbons (Fsp3) is 0.346. The average Bonchev–Trinajstić information content (AvgIpc) is 3.45. The molecular formula is C26H27N3O4S. The number of para-hydroxylation sites is 1. The van der Waals surface area contributed by atoms with Crippen LogP contribution in [0.15, 0.2) is 48.5 Å². The molecule has 0 saturated carbocycles. The predicted octanol–water partition coefficient (Wildman–Crippen LogP) is 5.18. The summed E-state index contributed by atoms with van der Waals surface area (Å²) in [5.74, 6) is 0.710. The van der Waals surface area contributed by atoms with Gasteiger partial charge in [0.2, 0.25) is 0 Å². The van der Waals surface area contributed by atoms with Crippen molar-refractivity contribution in [3.05, 3.63) is 64.7 Å². The molecule has 0 spiro atoms. The minimum Gasteiger partial charge on any atom is -0.493 e. The van der Waals surface area contributed by atoms with Crippen molar-refractivity contribution in [2.75, 3.05) is 19.7 Å². The van der Waals surface area contributed by atoms with E-state index < -0.39 is 5.60 Å². The van der Waals surface area contributed by atoms with E-state index in [4.69, 9.17) is 14.5 Å². The van der Waals surface area contributed by atoms with Crippen molar-refractivity contribution in [3.63, 3.8) is 0 Å². The highest BCUT2D eigenvalue weighted by Crippen LogP contribution is 2.33. The standard InChI is InChI=1S/C26H27N3O4S/c1-26(2,3)33-25(31)29-12-10-17(15-29)24-28-20-9-8-16(14-22(20)34-24)23(30)27-19-11-13-32-21-7-5-4-6-18(19)21/h4-10,14,19H,11-13,15H2,1-3H3,(H,27,30). The molecule has 1 unspecified atom stereocenters. The Kier molecular flexibility index (Phi) is 5.77. The molecule has 0 fully saturated rings. The molecule has 34 heavy (non-hydrogen) atoms. The Morgan fingerprint density at radius 1 is 1.21 bits per heavy atom. The van der Waals surface area contributed by atoms with Crippen LogP contribution in [-0.2, 0) is 4.74 Å². The number of nitrogens with one attached hydrogen (secondary N) is 1. The van der Waals surface area contributed by atoms with Crippen LogP contribution in [0.3, 0.4) is 0 Å². The van der Waals surface area contributed by atoms with Gasteiger partial charge in [-0.15, -0.1) is 11.3 Å². The molecule has 2 aliphatic heterocycles. The second kappa shape index (κ2) is 8.76. The summed E-state index contributed by atoms with van der Waals surface area (Å²) in [4.78, 5) is 31.8. The van der Waals surface area contributed by atoms with E-state index in [2.05, 4.69) is 5.32 Å². The fourth-order valence-corrected chi connectivity index (χ4v) is 5.15. The van der Waals surface area contributed by atoms with E-state index >= 15 is 0 Å². The van der Waals surface area contributed by atoms with Crippen LogP contribution in [-0.4, -0.2) is 47.2 Å². The smallest absolute Gasteiger partial charge is 0.410 e. The monoisotopic (exact) mass is 477 g/mol. The first-order valence-electron chi connectivity index (χ1n) is 11.4. The Hall–Kier alpha value is -3.39. The van der Waals surface area contributed by atoms with Crippen LogP contribution in [0.4, 0.5) is 4.79 Å². The Balaban J connectivity index is 1.29. The lowest BCUT2D eigenvalue weighted by Gasteiger charge is -2.26. The van der Waals surface area contributed by atoms with Crippen LogP contribution in [0.1, 0.15) is 54.2 Å². The Bertz CT molecular complexity index is 1290. The molecule has 3 heterocycles. The molecule has 0 bridgehead atoms. The van der Waals surface area contributed by atoms with Crippen LogP contribution >= 0.6 is 11.3 Å². The van der Waals surface area contributed by atoms with Gasteiger partial charge in [0.25, 0.3) is 5.91 Å². The van der Waals surface area contributed by atoms with E-state index in [0.29, 0.717) is 25.3 Å². The number of aromatic nitrogens is 1. The number of benzene rings is 2. The van der Waals surface area contributed by atoms with E-state index in [0.717, 1.165) is 38.5 Å².